The number of rotatable bonds is 8. The largest absolute Gasteiger partial charge is 0.319 e. The minimum Gasteiger partial charge on any atom is -0.319 e. The van der Waals surface area contributed by atoms with Gasteiger partial charge in [0.1, 0.15) is 0 Å². The van der Waals surface area contributed by atoms with Gasteiger partial charge in [0.25, 0.3) is 0 Å². The van der Waals surface area contributed by atoms with E-state index in [-0.39, 0.29) is 0 Å². The second-order valence-electron chi connectivity index (χ2n) is 19.6. The maximum atomic E-state index is 8.66. The van der Waals surface area contributed by atoms with Crippen molar-refractivity contribution in [2.75, 3.05) is 0 Å². The van der Waals surface area contributed by atoms with Crippen molar-refractivity contribution in [3.8, 4) is 73.2 Å². The number of hydrogen-bond donors (Lipinski definition) is 0. The maximum absolute atomic E-state index is 8.66. The van der Waals surface area contributed by atoms with Gasteiger partial charge in [-0.3, -0.25) is 0 Å². The van der Waals surface area contributed by atoms with Gasteiger partial charge in [-0.2, -0.15) is 0 Å². The lowest BCUT2D eigenvalue weighted by Gasteiger charge is -2.14. The first-order chi connectivity index (χ1) is 38.1. The Morgan fingerprint density at radius 1 is 0.273 bits per heavy atom. The molecule has 0 bridgehead atoms. The van der Waals surface area contributed by atoms with Gasteiger partial charge >= 0.3 is 0 Å². The summed E-state index contributed by atoms with van der Waals surface area (Å²) in [5.41, 5.74) is 19.3. The van der Waals surface area contributed by atoms with E-state index in [2.05, 4.69) is 243 Å². The monoisotopic (exact) mass is 980 g/mol. The molecule has 6 heteroatoms. The number of hydrogen-bond acceptors (Lipinski definition) is 2. The first-order valence-corrected chi connectivity index (χ1v) is 25.9. The zero-order valence-corrected chi connectivity index (χ0v) is 41.6. The third-order valence-electron chi connectivity index (χ3n) is 15.3. The standard InChI is InChI=1S/C71H44N6/c1-72-63-42-52(48-30-28-46(29-31-48)47-32-34-50(35-33-47)62-45-61(49-16-4-2-5-17-49)73-71(74-62)51-18-6-3-7-19-51)36-39-70(63)77-68-40-37-53(75-64-24-12-8-20-55(64)56-21-9-13-25-65(56)75)43-59(68)60-44-54(38-41-69(60)77)76-66-26-14-10-22-57(66)58-23-11-15-27-67(58)76/h2-45H. The third-order valence-corrected chi connectivity index (χ3v) is 15.3. The molecule has 0 aliphatic carbocycles. The Kier molecular flexibility index (Phi) is 10.2. The van der Waals surface area contributed by atoms with Crippen molar-refractivity contribution in [3.63, 3.8) is 0 Å². The molecule has 0 radical (unpaired) electrons. The van der Waals surface area contributed by atoms with Crippen LogP contribution in [0.5, 0.6) is 0 Å². The normalized spacial score (nSPS) is 11.6. The van der Waals surface area contributed by atoms with Gasteiger partial charge in [0, 0.05) is 60.4 Å². The van der Waals surface area contributed by atoms with Gasteiger partial charge in [-0.05, 0) is 101 Å². The zero-order chi connectivity index (χ0) is 51.0. The first kappa shape index (κ1) is 43.9. The quantitative estimate of drug-likeness (QED) is 0.142. The van der Waals surface area contributed by atoms with Crippen molar-refractivity contribution in [3.05, 3.63) is 278 Å². The van der Waals surface area contributed by atoms with E-state index in [9.17, 15) is 0 Å². The molecular weight excluding hydrogens is 937 g/mol. The van der Waals surface area contributed by atoms with Gasteiger partial charge in [-0.25, -0.2) is 14.8 Å². The molecule has 0 amide bonds. The molecule has 0 fully saturated rings. The van der Waals surface area contributed by atoms with Crippen LogP contribution >= 0.6 is 0 Å². The van der Waals surface area contributed by atoms with Crippen LogP contribution in [0.4, 0.5) is 5.69 Å². The molecule has 11 aromatic carbocycles. The second-order valence-corrected chi connectivity index (χ2v) is 19.6. The molecule has 15 rings (SSSR count). The second kappa shape index (κ2) is 17.8. The highest BCUT2D eigenvalue weighted by atomic mass is 15.0. The van der Waals surface area contributed by atoms with Crippen LogP contribution in [-0.4, -0.2) is 23.7 Å². The first-order valence-electron chi connectivity index (χ1n) is 25.9. The lowest BCUT2D eigenvalue weighted by atomic mass is 9.98. The van der Waals surface area contributed by atoms with Crippen molar-refractivity contribution in [2.45, 2.75) is 0 Å². The Bertz CT molecular complexity index is 4510. The van der Waals surface area contributed by atoms with Crippen molar-refractivity contribution >= 4 is 71.1 Å². The van der Waals surface area contributed by atoms with Crippen LogP contribution in [0.15, 0.2) is 267 Å². The molecule has 0 saturated heterocycles. The van der Waals surface area contributed by atoms with Gasteiger partial charge < -0.3 is 13.7 Å². The Morgan fingerprint density at radius 2 is 0.636 bits per heavy atom. The summed E-state index contributed by atoms with van der Waals surface area (Å²) in [6, 6.07) is 94.3. The summed E-state index contributed by atoms with van der Waals surface area (Å²) >= 11 is 0. The molecular formula is C71H44N6. The fraction of sp³-hybridized carbons (Fsp3) is 0. The molecule has 0 unspecified atom stereocenters. The lowest BCUT2D eigenvalue weighted by molar-refractivity contribution is 1.16. The summed E-state index contributed by atoms with van der Waals surface area (Å²) in [4.78, 5) is 14.2. The Hall–Kier alpha value is -10.6. The van der Waals surface area contributed by atoms with E-state index in [1.165, 1.54) is 21.5 Å². The Morgan fingerprint density at radius 3 is 1.09 bits per heavy atom. The summed E-state index contributed by atoms with van der Waals surface area (Å²) in [6.45, 7) is 8.66. The summed E-state index contributed by atoms with van der Waals surface area (Å²) in [6.07, 6.45) is 0. The predicted octanol–water partition coefficient (Wildman–Crippen LogP) is 18.7. The molecule has 0 aliphatic rings. The fourth-order valence-electron chi connectivity index (χ4n) is 11.7. The van der Waals surface area contributed by atoms with Crippen LogP contribution in [0.1, 0.15) is 0 Å². The average molecular weight is 981 g/mol. The minimum absolute atomic E-state index is 0.578. The topological polar surface area (TPSA) is 44.9 Å². The van der Waals surface area contributed by atoms with Gasteiger partial charge in [0.15, 0.2) is 5.82 Å². The van der Waals surface area contributed by atoms with Gasteiger partial charge in [-0.1, -0.05) is 188 Å². The number of aromatic nitrogens is 5. The molecule has 358 valence electrons. The van der Waals surface area contributed by atoms with E-state index >= 15 is 0 Å². The summed E-state index contributed by atoms with van der Waals surface area (Å²) < 4.78 is 7.05. The fourth-order valence-corrected chi connectivity index (χ4v) is 11.7. The maximum Gasteiger partial charge on any atom is 0.211 e. The van der Waals surface area contributed by atoms with E-state index in [0.29, 0.717) is 11.5 Å². The van der Waals surface area contributed by atoms with Crippen LogP contribution in [0.2, 0.25) is 0 Å². The average Bonchev–Trinajstić information content (AvgIpc) is 4.35. The zero-order valence-electron chi connectivity index (χ0n) is 41.6. The predicted molar refractivity (Wildman–Crippen MR) is 318 cm³/mol. The van der Waals surface area contributed by atoms with E-state index in [1.807, 2.05) is 42.5 Å². The highest BCUT2D eigenvalue weighted by Gasteiger charge is 2.21. The molecule has 15 aromatic rings. The number of nitrogens with zero attached hydrogens (tertiary/aromatic N) is 6. The number of para-hydroxylation sites is 4. The molecule has 0 atom stereocenters. The molecule has 4 heterocycles. The van der Waals surface area contributed by atoms with Gasteiger partial charge in [-0.15, -0.1) is 0 Å². The van der Waals surface area contributed by atoms with Crippen LogP contribution in [0, 0.1) is 6.57 Å². The molecule has 0 spiro atoms. The molecule has 0 aliphatic heterocycles. The van der Waals surface area contributed by atoms with E-state index in [1.54, 1.807) is 0 Å². The molecule has 77 heavy (non-hydrogen) atoms. The molecule has 6 nitrogen and oxygen atoms in total. The SMILES string of the molecule is [C-]#[N+]c1cc(-c2ccc(-c3ccc(-c4cc(-c5ccccc5)nc(-c5ccccc5)n4)cc3)cc2)ccc1-n1c2ccc(-n3c4ccccc4c4ccccc43)cc2c2cc(-n3c4ccccc4c4ccccc43)ccc21. The van der Waals surface area contributed by atoms with E-state index in [0.717, 1.165) is 111 Å². The third kappa shape index (κ3) is 7.25. The summed E-state index contributed by atoms with van der Waals surface area (Å²) in [7, 11) is 0. The molecule has 0 saturated carbocycles. The summed E-state index contributed by atoms with van der Waals surface area (Å²) in [5.74, 6) is 0.696. The van der Waals surface area contributed by atoms with Crippen molar-refractivity contribution < 1.29 is 0 Å². The van der Waals surface area contributed by atoms with Crippen LogP contribution in [0.3, 0.4) is 0 Å². The van der Waals surface area contributed by atoms with Crippen LogP contribution in [-0.2, 0) is 0 Å². The van der Waals surface area contributed by atoms with E-state index < -0.39 is 0 Å². The molecule has 4 aromatic heterocycles. The minimum atomic E-state index is 0.578. The number of benzene rings is 11. The number of fused-ring (bicyclic) bond motifs is 9. The highest BCUT2D eigenvalue weighted by molar-refractivity contribution is 6.14. The van der Waals surface area contributed by atoms with Gasteiger partial charge in [0.2, 0.25) is 5.69 Å². The van der Waals surface area contributed by atoms with Crippen molar-refractivity contribution in [2.24, 2.45) is 0 Å². The Balaban J connectivity index is 0.813. The highest BCUT2D eigenvalue weighted by Crippen LogP contribution is 2.42. The lowest BCUT2D eigenvalue weighted by Crippen LogP contribution is -1.97. The van der Waals surface area contributed by atoms with Crippen molar-refractivity contribution in [1.29, 1.82) is 0 Å². The summed E-state index contributed by atoms with van der Waals surface area (Å²) in [5, 5.41) is 7.10. The van der Waals surface area contributed by atoms with E-state index in [4.69, 9.17) is 16.5 Å². The van der Waals surface area contributed by atoms with Crippen LogP contribution in [0.25, 0.3) is 143 Å². The van der Waals surface area contributed by atoms with Crippen LogP contribution < -0.4 is 0 Å². The van der Waals surface area contributed by atoms with Crippen molar-refractivity contribution in [1.82, 2.24) is 23.7 Å². The van der Waals surface area contributed by atoms with Gasteiger partial charge in [0.05, 0.1) is 56.7 Å². The smallest absolute Gasteiger partial charge is 0.211 e. The Labute approximate surface area is 444 Å². The molecule has 0 N–H and O–H groups in total.